The molecule has 0 aliphatic carbocycles. The first-order chi connectivity index (χ1) is 14.8. The van der Waals surface area contributed by atoms with Gasteiger partial charge in [0.1, 0.15) is 0 Å². The van der Waals surface area contributed by atoms with E-state index in [1.807, 2.05) is 30.0 Å². The summed E-state index contributed by atoms with van der Waals surface area (Å²) in [6.07, 6.45) is 2.46. The summed E-state index contributed by atoms with van der Waals surface area (Å²) in [5.41, 5.74) is 1.28. The van der Waals surface area contributed by atoms with Crippen LogP contribution < -0.4 is 15.5 Å². The highest BCUT2D eigenvalue weighted by molar-refractivity contribution is 6.05. The van der Waals surface area contributed by atoms with Gasteiger partial charge in [0.2, 0.25) is 23.6 Å². The van der Waals surface area contributed by atoms with Crippen molar-refractivity contribution in [3.63, 3.8) is 0 Å². The first-order valence-electron chi connectivity index (χ1n) is 10.8. The smallest absolute Gasteiger partial charge is 0.241 e. The van der Waals surface area contributed by atoms with Crippen LogP contribution >= 0.6 is 0 Å². The van der Waals surface area contributed by atoms with Crippen molar-refractivity contribution >= 4 is 35.0 Å². The number of carbonyl (C=O) groups excluding carboxylic acids is 4. The van der Waals surface area contributed by atoms with Gasteiger partial charge in [-0.05, 0) is 38.9 Å². The third kappa shape index (κ3) is 6.04. The second kappa shape index (κ2) is 10.4. The maximum absolute atomic E-state index is 13.0. The van der Waals surface area contributed by atoms with E-state index in [4.69, 9.17) is 0 Å². The van der Waals surface area contributed by atoms with Crippen LogP contribution in [-0.2, 0) is 19.2 Å². The summed E-state index contributed by atoms with van der Waals surface area (Å²) in [6.45, 7) is 3.95. The number of hydrogen-bond acceptors (Lipinski definition) is 5. The number of likely N-dealkylation sites (N-methyl/N-ethyl adjacent to an activating group) is 1. The Morgan fingerprint density at radius 2 is 2.00 bits per heavy atom. The van der Waals surface area contributed by atoms with Crippen LogP contribution in [0.1, 0.15) is 32.6 Å². The molecule has 9 heteroatoms. The number of amides is 4. The molecular weight excluding hydrogens is 398 g/mol. The number of anilines is 2. The van der Waals surface area contributed by atoms with E-state index in [-0.39, 0.29) is 49.2 Å². The van der Waals surface area contributed by atoms with Crippen LogP contribution in [0.5, 0.6) is 0 Å². The molecule has 168 valence electrons. The fourth-order valence-corrected chi connectivity index (χ4v) is 4.07. The van der Waals surface area contributed by atoms with Gasteiger partial charge in [-0.25, -0.2) is 0 Å². The first kappa shape index (κ1) is 22.7. The molecule has 2 N–H and O–H groups in total. The molecule has 1 aromatic carbocycles. The van der Waals surface area contributed by atoms with Crippen LogP contribution in [0, 0.1) is 0 Å². The molecule has 2 heterocycles. The highest BCUT2D eigenvalue weighted by Gasteiger charge is 2.30. The molecule has 0 unspecified atom stereocenters. The lowest BCUT2D eigenvalue weighted by atomic mass is 10.1. The SMILES string of the molecule is C[C@H]1CC(=O)Nc2ccccc2N1C(=O)CN(C)CC(=O)NCCCN1CCCC1=O. The predicted octanol–water partition coefficient (Wildman–Crippen LogP) is 0.811. The monoisotopic (exact) mass is 429 g/mol. The van der Waals surface area contributed by atoms with Crippen LogP contribution in [0.15, 0.2) is 24.3 Å². The molecule has 2 aliphatic heterocycles. The van der Waals surface area contributed by atoms with Crippen molar-refractivity contribution in [2.24, 2.45) is 0 Å². The van der Waals surface area contributed by atoms with Gasteiger partial charge in [-0.1, -0.05) is 12.1 Å². The number of rotatable bonds is 8. The van der Waals surface area contributed by atoms with Crippen LogP contribution in [0.25, 0.3) is 0 Å². The van der Waals surface area contributed by atoms with Crippen LogP contribution in [-0.4, -0.2) is 79.2 Å². The summed E-state index contributed by atoms with van der Waals surface area (Å²) in [7, 11) is 1.72. The summed E-state index contributed by atoms with van der Waals surface area (Å²) in [6, 6.07) is 6.95. The van der Waals surface area contributed by atoms with Crippen molar-refractivity contribution in [1.82, 2.24) is 15.1 Å². The second-order valence-electron chi connectivity index (χ2n) is 8.24. The molecule has 0 saturated carbocycles. The lowest BCUT2D eigenvalue weighted by Crippen LogP contribution is -2.46. The van der Waals surface area contributed by atoms with Gasteiger partial charge in [0.25, 0.3) is 0 Å². The lowest BCUT2D eigenvalue weighted by Gasteiger charge is -2.29. The topological polar surface area (TPSA) is 102 Å². The average molecular weight is 430 g/mol. The Balaban J connectivity index is 1.47. The van der Waals surface area contributed by atoms with Gasteiger partial charge >= 0.3 is 0 Å². The molecule has 1 atom stereocenters. The number of fused-ring (bicyclic) bond motifs is 1. The minimum atomic E-state index is -0.285. The molecule has 1 saturated heterocycles. The van der Waals surface area contributed by atoms with Gasteiger partial charge in [0.15, 0.2) is 0 Å². The van der Waals surface area contributed by atoms with E-state index in [0.717, 1.165) is 13.0 Å². The van der Waals surface area contributed by atoms with E-state index in [1.54, 1.807) is 22.9 Å². The van der Waals surface area contributed by atoms with Crippen LogP contribution in [0.4, 0.5) is 11.4 Å². The Labute approximate surface area is 182 Å². The van der Waals surface area contributed by atoms with Crippen molar-refractivity contribution in [1.29, 1.82) is 0 Å². The number of carbonyl (C=O) groups is 4. The van der Waals surface area contributed by atoms with Gasteiger partial charge < -0.3 is 20.4 Å². The molecule has 0 aromatic heterocycles. The number of nitrogens with zero attached hydrogens (tertiary/aromatic N) is 3. The number of benzene rings is 1. The number of likely N-dealkylation sites (tertiary alicyclic amines) is 1. The van der Waals surface area contributed by atoms with Gasteiger partial charge in [-0.15, -0.1) is 0 Å². The summed E-state index contributed by atoms with van der Waals surface area (Å²) >= 11 is 0. The highest BCUT2D eigenvalue weighted by atomic mass is 16.2. The molecule has 1 aromatic rings. The molecular formula is C22H31N5O4. The van der Waals surface area contributed by atoms with Crippen molar-refractivity contribution in [3.05, 3.63) is 24.3 Å². The van der Waals surface area contributed by atoms with Gasteiger partial charge in [-0.2, -0.15) is 0 Å². The molecule has 1 fully saturated rings. The van der Waals surface area contributed by atoms with Crippen molar-refractivity contribution in [3.8, 4) is 0 Å². The Morgan fingerprint density at radius 1 is 1.23 bits per heavy atom. The number of hydrogen-bond donors (Lipinski definition) is 2. The number of nitrogens with one attached hydrogen (secondary N) is 2. The van der Waals surface area contributed by atoms with Gasteiger partial charge in [0.05, 0.1) is 24.5 Å². The number of para-hydroxylation sites is 2. The Hall–Kier alpha value is -2.94. The Morgan fingerprint density at radius 3 is 2.74 bits per heavy atom. The van der Waals surface area contributed by atoms with Gasteiger partial charge in [0, 0.05) is 38.5 Å². The summed E-state index contributed by atoms with van der Waals surface area (Å²) in [5.74, 6) is -0.270. The zero-order valence-corrected chi connectivity index (χ0v) is 18.2. The minimum Gasteiger partial charge on any atom is -0.355 e. The first-order valence-corrected chi connectivity index (χ1v) is 10.8. The molecule has 3 rings (SSSR count). The van der Waals surface area contributed by atoms with E-state index in [9.17, 15) is 19.2 Å². The standard InChI is InChI=1S/C22H31N5O4/c1-16-13-19(28)24-17-7-3-4-8-18(17)27(16)22(31)15-25(2)14-20(29)23-10-6-12-26-11-5-9-21(26)30/h3-4,7-8,16H,5-6,9-15H2,1-2H3,(H,23,29)(H,24,28)/t16-/m0/s1. The van der Waals surface area contributed by atoms with E-state index in [0.29, 0.717) is 37.3 Å². The second-order valence-corrected chi connectivity index (χ2v) is 8.24. The molecule has 0 bridgehead atoms. The maximum Gasteiger partial charge on any atom is 0.241 e. The molecule has 9 nitrogen and oxygen atoms in total. The molecule has 0 spiro atoms. The largest absolute Gasteiger partial charge is 0.355 e. The zero-order chi connectivity index (χ0) is 22.4. The van der Waals surface area contributed by atoms with Crippen molar-refractivity contribution < 1.29 is 19.2 Å². The molecule has 2 aliphatic rings. The minimum absolute atomic E-state index is 0.0581. The summed E-state index contributed by atoms with van der Waals surface area (Å²) in [4.78, 5) is 54.1. The van der Waals surface area contributed by atoms with Crippen LogP contribution in [0.2, 0.25) is 0 Å². The molecule has 4 amide bonds. The maximum atomic E-state index is 13.0. The average Bonchev–Trinajstić information content (AvgIpc) is 3.05. The highest BCUT2D eigenvalue weighted by Crippen LogP contribution is 2.31. The normalized spacial score (nSPS) is 18.6. The van der Waals surface area contributed by atoms with Crippen molar-refractivity contribution in [2.45, 2.75) is 38.6 Å². The third-order valence-corrected chi connectivity index (χ3v) is 5.55. The van der Waals surface area contributed by atoms with Crippen LogP contribution in [0.3, 0.4) is 0 Å². The summed E-state index contributed by atoms with van der Waals surface area (Å²) in [5, 5.41) is 5.69. The van der Waals surface area contributed by atoms with E-state index < -0.39 is 0 Å². The molecule has 31 heavy (non-hydrogen) atoms. The quantitative estimate of drug-likeness (QED) is 0.596. The Bertz CT molecular complexity index is 843. The van der Waals surface area contributed by atoms with E-state index >= 15 is 0 Å². The fraction of sp³-hybridized carbons (Fsp3) is 0.545. The molecule has 0 radical (unpaired) electrons. The Kier molecular flexibility index (Phi) is 7.62. The van der Waals surface area contributed by atoms with E-state index in [2.05, 4.69) is 10.6 Å². The lowest BCUT2D eigenvalue weighted by molar-refractivity contribution is -0.127. The van der Waals surface area contributed by atoms with Gasteiger partial charge in [-0.3, -0.25) is 24.1 Å². The summed E-state index contributed by atoms with van der Waals surface area (Å²) < 4.78 is 0. The van der Waals surface area contributed by atoms with Crippen molar-refractivity contribution in [2.75, 3.05) is 50.0 Å². The van der Waals surface area contributed by atoms with E-state index in [1.165, 1.54) is 0 Å². The third-order valence-electron chi connectivity index (χ3n) is 5.55. The fourth-order valence-electron chi connectivity index (χ4n) is 4.07. The zero-order valence-electron chi connectivity index (χ0n) is 18.2. The predicted molar refractivity (Wildman–Crippen MR) is 118 cm³/mol.